The molecule has 1 aliphatic rings. The molecule has 5 rings (SSSR count). The van der Waals surface area contributed by atoms with Crippen LogP contribution in [0.25, 0.3) is 33.1 Å². The average Bonchev–Trinajstić information content (AvgIpc) is 3.08. The number of benzene rings is 1. The van der Waals surface area contributed by atoms with Crippen LogP contribution in [0.1, 0.15) is 38.7 Å². The van der Waals surface area contributed by atoms with Crippen LogP contribution in [0, 0.1) is 0 Å². The molecule has 1 aromatic carbocycles. The molecular weight excluding hydrogens is 424 g/mol. The highest BCUT2D eigenvalue weighted by atomic mass is 79.9. The van der Waals surface area contributed by atoms with Crippen molar-refractivity contribution < 1.29 is 0 Å². The summed E-state index contributed by atoms with van der Waals surface area (Å²) in [6.07, 6.45) is 7.77. The zero-order valence-corrected chi connectivity index (χ0v) is 18.4. The van der Waals surface area contributed by atoms with E-state index in [1.54, 1.807) is 0 Å². The molecule has 3 aromatic heterocycles. The summed E-state index contributed by atoms with van der Waals surface area (Å²) in [6.45, 7) is 5.75. The highest BCUT2D eigenvalue weighted by molar-refractivity contribution is 9.10. The van der Waals surface area contributed by atoms with E-state index in [0.717, 1.165) is 38.6 Å². The number of aromatic nitrogens is 3. The van der Waals surface area contributed by atoms with E-state index < -0.39 is 0 Å². The van der Waals surface area contributed by atoms with E-state index in [1.165, 1.54) is 30.4 Å². The number of piperidine rings is 1. The predicted octanol–water partition coefficient (Wildman–Crippen LogP) is 6.30. The van der Waals surface area contributed by atoms with Crippen LogP contribution in [0.3, 0.4) is 0 Å². The molecule has 4 heterocycles. The number of halogens is 1. The Kier molecular flexibility index (Phi) is 4.88. The lowest BCUT2D eigenvalue weighted by Gasteiger charge is -2.39. The first-order valence-electron chi connectivity index (χ1n) is 10.4. The SMILES string of the molecule is CC1CCCC(C)N1Cc1ccc(-c2cnc3[nH]c4cnc(Br)cc4c3c2)cc1. The van der Waals surface area contributed by atoms with Gasteiger partial charge in [-0.3, -0.25) is 4.90 Å². The summed E-state index contributed by atoms with van der Waals surface area (Å²) >= 11 is 3.47. The number of aromatic amines is 1. The van der Waals surface area contributed by atoms with Crippen LogP contribution >= 0.6 is 15.9 Å². The quantitative estimate of drug-likeness (QED) is 0.373. The van der Waals surface area contributed by atoms with Crippen LogP contribution in [-0.4, -0.2) is 31.9 Å². The highest BCUT2D eigenvalue weighted by Crippen LogP contribution is 2.30. The molecular formula is C24H25BrN4. The standard InChI is InChI=1S/C24H25BrN4/c1-15-4-3-5-16(2)29(15)14-17-6-8-18(9-7-17)19-10-21-20-11-23(25)26-13-22(20)28-24(21)27-12-19/h6-13,15-16H,3-5,14H2,1-2H3,(H,27,28). The third-order valence-electron chi connectivity index (χ3n) is 6.33. The van der Waals surface area contributed by atoms with E-state index in [9.17, 15) is 0 Å². The second-order valence-electron chi connectivity index (χ2n) is 8.30. The molecule has 0 radical (unpaired) electrons. The van der Waals surface area contributed by atoms with Crippen molar-refractivity contribution in [1.29, 1.82) is 0 Å². The molecule has 0 amide bonds. The fraction of sp³-hybridized carbons (Fsp3) is 0.333. The summed E-state index contributed by atoms with van der Waals surface area (Å²) < 4.78 is 0.835. The van der Waals surface area contributed by atoms with Gasteiger partial charge < -0.3 is 4.98 Å². The first kappa shape index (κ1) is 18.8. The van der Waals surface area contributed by atoms with Gasteiger partial charge in [0.15, 0.2) is 0 Å². The molecule has 2 atom stereocenters. The number of hydrogen-bond acceptors (Lipinski definition) is 3. The normalized spacial score (nSPS) is 20.5. The Labute approximate surface area is 179 Å². The van der Waals surface area contributed by atoms with Crippen molar-refractivity contribution in [2.24, 2.45) is 0 Å². The van der Waals surface area contributed by atoms with Gasteiger partial charge in [-0.1, -0.05) is 30.7 Å². The molecule has 0 bridgehead atoms. The van der Waals surface area contributed by atoms with Crippen molar-refractivity contribution in [1.82, 2.24) is 19.9 Å². The largest absolute Gasteiger partial charge is 0.338 e. The lowest BCUT2D eigenvalue weighted by Crippen LogP contribution is -2.42. The van der Waals surface area contributed by atoms with E-state index in [-0.39, 0.29) is 0 Å². The van der Waals surface area contributed by atoms with Crippen LogP contribution in [0.4, 0.5) is 0 Å². The number of rotatable bonds is 3. The topological polar surface area (TPSA) is 44.8 Å². The Hall–Kier alpha value is -2.24. The first-order valence-corrected chi connectivity index (χ1v) is 11.2. The minimum Gasteiger partial charge on any atom is -0.338 e. The summed E-state index contributed by atoms with van der Waals surface area (Å²) in [7, 11) is 0. The maximum Gasteiger partial charge on any atom is 0.138 e. The maximum atomic E-state index is 4.65. The Morgan fingerprint density at radius 3 is 2.48 bits per heavy atom. The van der Waals surface area contributed by atoms with E-state index in [4.69, 9.17) is 0 Å². The molecule has 29 heavy (non-hydrogen) atoms. The van der Waals surface area contributed by atoms with E-state index in [0.29, 0.717) is 12.1 Å². The second-order valence-corrected chi connectivity index (χ2v) is 9.11. The van der Waals surface area contributed by atoms with Crippen molar-refractivity contribution in [2.75, 3.05) is 0 Å². The van der Waals surface area contributed by atoms with E-state index in [2.05, 4.69) is 80.0 Å². The van der Waals surface area contributed by atoms with Gasteiger partial charge >= 0.3 is 0 Å². The van der Waals surface area contributed by atoms with Crippen LogP contribution in [0.5, 0.6) is 0 Å². The monoisotopic (exact) mass is 448 g/mol. The van der Waals surface area contributed by atoms with Crippen molar-refractivity contribution in [3.8, 4) is 11.1 Å². The average molecular weight is 449 g/mol. The van der Waals surface area contributed by atoms with Crippen molar-refractivity contribution >= 4 is 37.9 Å². The van der Waals surface area contributed by atoms with Gasteiger partial charge in [0.05, 0.1) is 11.7 Å². The molecule has 0 saturated carbocycles. The van der Waals surface area contributed by atoms with Gasteiger partial charge in [-0.2, -0.15) is 0 Å². The fourth-order valence-corrected chi connectivity index (χ4v) is 4.94. The highest BCUT2D eigenvalue weighted by Gasteiger charge is 2.24. The van der Waals surface area contributed by atoms with Crippen molar-refractivity contribution in [3.63, 3.8) is 0 Å². The molecule has 1 saturated heterocycles. The molecule has 148 valence electrons. The Balaban J connectivity index is 1.44. The van der Waals surface area contributed by atoms with E-state index in [1.807, 2.05) is 18.5 Å². The molecule has 4 nitrogen and oxygen atoms in total. The lowest BCUT2D eigenvalue weighted by atomic mass is 9.96. The Bertz CT molecular complexity index is 1150. The van der Waals surface area contributed by atoms with Crippen LogP contribution < -0.4 is 0 Å². The number of fused-ring (bicyclic) bond motifs is 3. The van der Waals surface area contributed by atoms with Crippen LogP contribution in [-0.2, 0) is 6.54 Å². The van der Waals surface area contributed by atoms with Crippen LogP contribution in [0.2, 0.25) is 0 Å². The zero-order chi connectivity index (χ0) is 20.0. The van der Waals surface area contributed by atoms with Gasteiger partial charge in [-0.05, 0) is 65.9 Å². The first-order chi connectivity index (χ1) is 14.1. The minimum absolute atomic E-state index is 0.667. The molecule has 2 unspecified atom stereocenters. The minimum atomic E-state index is 0.667. The summed E-state index contributed by atoms with van der Waals surface area (Å²) in [4.78, 5) is 14.9. The fourth-order valence-electron chi connectivity index (χ4n) is 4.61. The van der Waals surface area contributed by atoms with Crippen molar-refractivity contribution in [3.05, 3.63) is 59.0 Å². The Morgan fingerprint density at radius 1 is 0.966 bits per heavy atom. The third kappa shape index (κ3) is 3.58. The molecule has 0 spiro atoms. The number of pyridine rings is 2. The third-order valence-corrected chi connectivity index (χ3v) is 6.76. The lowest BCUT2D eigenvalue weighted by molar-refractivity contribution is 0.0953. The molecule has 0 aliphatic carbocycles. The molecule has 1 fully saturated rings. The van der Waals surface area contributed by atoms with Gasteiger partial charge in [0, 0.05) is 41.2 Å². The number of hydrogen-bond donors (Lipinski definition) is 1. The number of H-pyrrole nitrogens is 1. The summed E-state index contributed by atoms with van der Waals surface area (Å²) in [6, 6.07) is 14.6. The molecule has 5 heteroatoms. The number of nitrogens with zero attached hydrogens (tertiary/aromatic N) is 3. The Morgan fingerprint density at radius 2 is 1.72 bits per heavy atom. The van der Waals surface area contributed by atoms with Crippen LogP contribution in [0.15, 0.2) is 53.4 Å². The second kappa shape index (κ2) is 7.54. The summed E-state index contributed by atoms with van der Waals surface area (Å²) in [5.74, 6) is 0. The van der Waals surface area contributed by atoms with Gasteiger partial charge in [0.2, 0.25) is 0 Å². The van der Waals surface area contributed by atoms with Gasteiger partial charge in [0.1, 0.15) is 10.3 Å². The van der Waals surface area contributed by atoms with Gasteiger partial charge in [0.25, 0.3) is 0 Å². The predicted molar refractivity (Wildman–Crippen MR) is 123 cm³/mol. The van der Waals surface area contributed by atoms with Crippen molar-refractivity contribution in [2.45, 2.75) is 51.7 Å². The smallest absolute Gasteiger partial charge is 0.138 e. The molecule has 1 N–H and O–H groups in total. The van der Waals surface area contributed by atoms with Gasteiger partial charge in [-0.25, -0.2) is 9.97 Å². The molecule has 1 aliphatic heterocycles. The summed E-state index contributed by atoms with van der Waals surface area (Å²) in [5.41, 5.74) is 5.62. The summed E-state index contributed by atoms with van der Waals surface area (Å²) in [5, 5.41) is 2.27. The number of likely N-dealkylation sites (tertiary alicyclic amines) is 1. The van der Waals surface area contributed by atoms with E-state index >= 15 is 0 Å². The molecule has 4 aromatic rings. The van der Waals surface area contributed by atoms with Gasteiger partial charge in [-0.15, -0.1) is 0 Å². The maximum absolute atomic E-state index is 4.65. The zero-order valence-electron chi connectivity index (χ0n) is 16.8. The number of nitrogens with one attached hydrogen (secondary N) is 1.